The van der Waals surface area contributed by atoms with Crippen molar-refractivity contribution in [3.63, 3.8) is 0 Å². The smallest absolute Gasteiger partial charge is 0.259 e. The molecular weight excluding hydrogens is 500 g/mol. The van der Waals surface area contributed by atoms with Gasteiger partial charge >= 0.3 is 0 Å². The third kappa shape index (κ3) is 4.99. The van der Waals surface area contributed by atoms with Gasteiger partial charge < -0.3 is 9.47 Å². The molecule has 0 saturated carbocycles. The maximum atomic E-state index is 13.0. The molecule has 0 spiro atoms. The van der Waals surface area contributed by atoms with Crippen LogP contribution in [0.5, 0.6) is 11.5 Å². The number of hydrogen-bond acceptors (Lipinski definition) is 4. The first-order chi connectivity index (χ1) is 19.7. The van der Waals surface area contributed by atoms with Gasteiger partial charge in [0.1, 0.15) is 11.5 Å². The van der Waals surface area contributed by atoms with Crippen LogP contribution in [0.25, 0.3) is 33.2 Å². The van der Waals surface area contributed by atoms with Gasteiger partial charge in [-0.25, -0.2) is 0 Å². The molecule has 0 aliphatic rings. The van der Waals surface area contributed by atoms with Gasteiger partial charge in [0.15, 0.2) is 0 Å². The van der Waals surface area contributed by atoms with E-state index in [1.807, 2.05) is 109 Å². The van der Waals surface area contributed by atoms with Gasteiger partial charge in [-0.1, -0.05) is 60.7 Å². The first kappa shape index (κ1) is 25.2. The average molecular weight is 529 g/mol. The fraction of sp³-hybridized carbons (Fsp3) is 0.118. The summed E-state index contributed by atoms with van der Waals surface area (Å²) in [6.07, 6.45) is 1.46. The summed E-state index contributed by atoms with van der Waals surface area (Å²) in [5, 5.41) is 1.76. The Kier molecular flexibility index (Phi) is 7.14. The van der Waals surface area contributed by atoms with E-state index in [4.69, 9.17) is 9.47 Å². The molecule has 0 radical (unpaired) electrons. The molecular formula is C34H28N2O4. The molecule has 0 amide bonds. The van der Waals surface area contributed by atoms with Crippen LogP contribution in [-0.2, 0) is 0 Å². The molecule has 2 heterocycles. The van der Waals surface area contributed by atoms with Crippen LogP contribution >= 0.6 is 0 Å². The average Bonchev–Trinajstić information content (AvgIpc) is 2.99. The van der Waals surface area contributed by atoms with Gasteiger partial charge in [0.05, 0.1) is 24.2 Å². The minimum Gasteiger partial charge on any atom is -0.493 e. The second-order valence-corrected chi connectivity index (χ2v) is 9.47. The molecule has 0 aliphatic heterocycles. The van der Waals surface area contributed by atoms with Crippen molar-refractivity contribution in [3.8, 4) is 22.9 Å². The van der Waals surface area contributed by atoms with E-state index in [1.165, 1.54) is 0 Å². The highest BCUT2D eigenvalue weighted by molar-refractivity contribution is 5.87. The van der Waals surface area contributed by atoms with E-state index < -0.39 is 0 Å². The van der Waals surface area contributed by atoms with Crippen molar-refractivity contribution in [3.05, 3.63) is 142 Å². The molecule has 4 aromatic carbocycles. The number of rotatable bonds is 9. The van der Waals surface area contributed by atoms with Crippen molar-refractivity contribution >= 4 is 21.8 Å². The molecule has 0 saturated heterocycles. The van der Waals surface area contributed by atoms with E-state index >= 15 is 0 Å². The molecule has 0 fully saturated rings. The van der Waals surface area contributed by atoms with E-state index in [9.17, 15) is 9.59 Å². The maximum absolute atomic E-state index is 13.0. The van der Waals surface area contributed by atoms with Crippen LogP contribution in [0.15, 0.2) is 131 Å². The molecule has 40 heavy (non-hydrogen) atoms. The second kappa shape index (κ2) is 11.3. The lowest BCUT2D eigenvalue weighted by Gasteiger charge is -2.15. The Morgan fingerprint density at radius 2 is 0.850 bits per heavy atom. The number of hydrogen-bond donors (Lipinski definition) is 0. The summed E-state index contributed by atoms with van der Waals surface area (Å²) in [5.74, 6) is 1.15. The van der Waals surface area contributed by atoms with Crippen molar-refractivity contribution in [2.45, 2.75) is 12.8 Å². The lowest BCUT2D eigenvalue weighted by molar-refractivity contribution is 0.269. The number of aromatic nitrogens is 2. The van der Waals surface area contributed by atoms with Crippen LogP contribution in [0.1, 0.15) is 12.8 Å². The number of fused-ring (bicyclic) bond motifs is 2. The molecule has 198 valence electrons. The molecule has 0 N–H and O–H groups in total. The molecule has 0 aliphatic carbocycles. The number of benzene rings is 4. The minimum absolute atomic E-state index is 0.139. The normalized spacial score (nSPS) is 11.1. The Morgan fingerprint density at radius 1 is 0.475 bits per heavy atom. The topological polar surface area (TPSA) is 62.5 Å². The molecule has 6 aromatic rings. The van der Waals surface area contributed by atoms with E-state index in [0.717, 1.165) is 46.0 Å². The molecule has 6 heteroatoms. The summed E-state index contributed by atoms with van der Waals surface area (Å²) in [5.41, 5.74) is 2.96. The fourth-order valence-corrected chi connectivity index (χ4v) is 4.99. The number of nitrogens with zero attached hydrogens (tertiary/aromatic N) is 2. The van der Waals surface area contributed by atoms with Crippen LogP contribution in [0.2, 0.25) is 0 Å². The standard InChI is InChI=1S/C34H28N2O4/c37-33-23-31(27-17-7-9-19-29(27)35(33)25-13-3-1-4-14-25)39-21-11-12-22-40-32-24-34(38)36(26-15-5-2-6-16-26)30-20-10-8-18-28(30)32/h1-10,13-20,23-24H,11-12,21-22H2. The maximum Gasteiger partial charge on any atom is 0.259 e. The van der Waals surface area contributed by atoms with E-state index in [1.54, 1.807) is 21.3 Å². The van der Waals surface area contributed by atoms with Crippen molar-refractivity contribution in [2.75, 3.05) is 13.2 Å². The molecule has 0 atom stereocenters. The first-order valence-corrected chi connectivity index (χ1v) is 13.4. The second-order valence-electron chi connectivity index (χ2n) is 9.47. The predicted molar refractivity (Wildman–Crippen MR) is 159 cm³/mol. The largest absolute Gasteiger partial charge is 0.493 e. The molecule has 0 unspecified atom stereocenters. The van der Waals surface area contributed by atoms with Crippen molar-refractivity contribution < 1.29 is 9.47 Å². The predicted octanol–water partition coefficient (Wildman–Crippen LogP) is 6.53. The van der Waals surface area contributed by atoms with Crippen LogP contribution in [-0.4, -0.2) is 22.3 Å². The summed E-state index contributed by atoms with van der Waals surface area (Å²) in [7, 11) is 0. The first-order valence-electron chi connectivity index (χ1n) is 13.4. The van der Waals surface area contributed by atoms with Gasteiger partial charge in [0, 0.05) is 34.3 Å². The van der Waals surface area contributed by atoms with Crippen LogP contribution in [0.4, 0.5) is 0 Å². The number of para-hydroxylation sites is 4. The van der Waals surface area contributed by atoms with Crippen molar-refractivity contribution in [2.24, 2.45) is 0 Å². The van der Waals surface area contributed by atoms with Gasteiger partial charge in [-0.05, 0) is 61.4 Å². The summed E-state index contributed by atoms with van der Waals surface area (Å²) < 4.78 is 15.6. The number of unbranched alkanes of at least 4 members (excludes halogenated alkanes) is 1. The Balaban J connectivity index is 1.13. The van der Waals surface area contributed by atoms with Gasteiger partial charge in [-0.15, -0.1) is 0 Å². The van der Waals surface area contributed by atoms with E-state index in [2.05, 4.69) is 0 Å². The molecule has 6 rings (SSSR count). The molecule has 0 bridgehead atoms. The zero-order chi connectivity index (χ0) is 27.3. The SMILES string of the molecule is O=c1cc(OCCCCOc2cc(=O)n(-c3ccccc3)c3ccccc23)c2ccccc2n1-c1ccccc1. The summed E-state index contributed by atoms with van der Waals surface area (Å²) in [6, 6.07) is 37.8. The molecule has 6 nitrogen and oxygen atoms in total. The highest BCUT2D eigenvalue weighted by Crippen LogP contribution is 2.27. The van der Waals surface area contributed by atoms with Crippen LogP contribution in [0, 0.1) is 0 Å². The zero-order valence-electron chi connectivity index (χ0n) is 21.9. The Labute approximate surface area is 231 Å². The summed E-state index contributed by atoms with van der Waals surface area (Å²) in [4.78, 5) is 26.1. The van der Waals surface area contributed by atoms with Crippen molar-refractivity contribution in [1.29, 1.82) is 0 Å². The van der Waals surface area contributed by atoms with Gasteiger partial charge in [0.25, 0.3) is 11.1 Å². The summed E-state index contributed by atoms with van der Waals surface area (Å²) in [6.45, 7) is 0.886. The third-order valence-corrected chi connectivity index (χ3v) is 6.85. The fourth-order valence-electron chi connectivity index (χ4n) is 4.99. The quantitative estimate of drug-likeness (QED) is 0.200. The van der Waals surface area contributed by atoms with Gasteiger partial charge in [-0.3, -0.25) is 18.7 Å². The number of pyridine rings is 2. The Hall–Kier alpha value is -5.10. The van der Waals surface area contributed by atoms with Crippen LogP contribution < -0.4 is 20.6 Å². The summed E-state index contributed by atoms with van der Waals surface area (Å²) >= 11 is 0. The van der Waals surface area contributed by atoms with E-state index in [0.29, 0.717) is 24.7 Å². The highest BCUT2D eigenvalue weighted by Gasteiger charge is 2.12. The Bertz CT molecular complexity index is 1750. The molecule has 2 aromatic heterocycles. The zero-order valence-corrected chi connectivity index (χ0v) is 21.9. The lowest BCUT2D eigenvalue weighted by Crippen LogP contribution is -2.19. The van der Waals surface area contributed by atoms with Gasteiger partial charge in [0.2, 0.25) is 0 Å². The third-order valence-electron chi connectivity index (χ3n) is 6.85. The van der Waals surface area contributed by atoms with E-state index in [-0.39, 0.29) is 11.1 Å². The highest BCUT2D eigenvalue weighted by atomic mass is 16.5. The Morgan fingerprint density at radius 3 is 1.27 bits per heavy atom. The van der Waals surface area contributed by atoms with Crippen molar-refractivity contribution in [1.82, 2.24) is 9.13 Å². The minimum atomic E-state index is -0.139. The number of ether oxygens (including phenoxy) is 2. The monoisotopic (exact) mass is 528 g/mol. The van der Waals surface area contributed by atoms with Gasteiger partial charge in [-0.2, -0.15) is 0 Å². The van der Waals surface area contributed by atoms with Crippen LogP contribution in [0.3, 0.4) is 0 Å². The lowest BCUT2D eigenvalue weighted by atomic mass is 10.1.